The van der Waals surface area contributed by atoms with Gasteiger partial charge >= 0.3 is 0 Å². The van der Waals surface area contributed by atoms with Crippen molar-refractivity contribution in [3.05, 3.63) is 11.7 Å². The van der Waals surface area contributed by atoms with Crippen molar-refractivity contribution in [3.8, 4) is 0 Å². The zero-order valence-corrected chi connectivity index (χ0v) is 10.9. The Labute approximate surface area is 102 Å². The Balaban J connectivity index is 2.09. The van der Waals surface area contributed by atoms with Crippen LogP contribution in [0.15, 0.2) is 4.52 Å². The lowest BCUT2D eigenvalue weighted by Gasteiger charge is -2.12. The van der Waals surface area contributed by atoms with Crippen molar-refractivity contribution in [1.29, 1.82) is 0 Å². The van der Waals surface area contributed by atoms with E-state index in [1.807, 2.05) is 0 Å². The molecule has 1 fully saturated rings. The summed E-state index contributed by atoms with van der Waals surface area (Å²) in [7, 11) is 0. The summed E-state index contributed by atoms with van der Waals surface area (Å²) in [5.74, 6) is 2.06. The van der Waals surface area contributed by atoms with Crippen molar-refractivity contribution < 1.29 is 9.26 Å². The maximum Gasteiger partial charge on any atom is 0.232 e. The highest BCUT2D eigenvalue weighted by molar-refractivity contribution is 5.03. The van der Waals surface area contributed by atoms with E-state index in [-0.39, 0.29) is 18.1 Å². The normalized spacial score (nSPS) is 33.2. The van der Waals surface area contributed by atoms with E-state index in [1.54, 1.807) is 0 Å². The summed E-state index contributed by atoms with van der Waals surface area (Å²) in [5.41, 5.74) is 0. The summed E-state index contributed by atoms with van der Waals surface area (Å²) in [5, 5.41) is 7.17. The third-order valence-corrected chi connectivity index (χ3v) is 3.54. The maximum absolute atomic E-state index is 5.79. The van der Waals surface area contributed by atoms with E-state index in [0.29, 0.717) is 18.4 Å². The molecule has 2 heterocycles. The van der Waals surface area contributed by atoms with E-state index in [0.717, 1.165) is 12.4 Å². The summed E-state index contributed by atoms with van der Waals surface area (Å²) in [6, 6.07) is 0. The lowest BCUT2D eigenvalue weighted by Crippen LogP contribution is -2.16. The van der Waals surface area contributed by atoms with Gasteiger partial charge in [-0.2, -0.15) is 4.98 Å². The van der Waals surface area contributed by atoms with Gasteiger partial charge in [-0.1, -0.05) is 19.0 Å². The van der Waals surface area contributed by atoms with Crippen LogP contribution >= 0.6 is 0 Å². The molecule has 1 aliphatic rings. The van der Waals surface area contributed by atoms with Crippen LogP contribution in [-0.2, 0) is 11.3 Å². The first kappa shape index (κ1) is 12.5. The van der Waals surface area contributed by atoms with E-state index in [9.17, 15) is 0 Å². The number of ether oxygens (including phenoxy) is 1. The summed E-state index contributed by atoms with van der Waals surface area (Å²) >= 11 is 0. The van der Waals surface area contributed by atoms with Crippen molar-refractivity contribution in [3.63, 3.8) is 0 Å². The molecule has 1 saturated heterocycles. The number of aromatic nitrogens is 2. The maximum atomic E-state index is 5.79. The molecule has 0 amide bonds. The molecule has 1 N–H and O–H groups in total. The highest BCUT2D eigenvalue weighted by Crippen LogP contribution is 2.38. The van der Waals surface area contributed by atoms with Crippen LogP contribution in [0.2, 0.25) is 0 Å². The molecule has 5 nitrogen and oxygen atoms in total. The molecule has 1 aromatic heterocycles. The average molecular weight is 239 g/mol. The first-order valence-electron chi connectivity index (χ1n) is 6.32. The molecular weight excluding hydrogens is 218 g/mol. The SMILES string of the molecule is CCNCc1noc(C2C(C)OC(C)C2C)n1. The summed E-state index contributed by atoms with van der Waals surface area (Å²) in [6.45, 7) is 9.95. The van der Waals surface area contributed by atoms with Gasteiger partial charge in [-0.15, -0.1) is 0 Å². The van der Waals surface area contributed by atoms with Crippen molar-refractivity contribution in [1.82, 2.24) is 15.5 Å². The molecule has 0 saturated carbocycles. The van der Waals surface area contributed by atoms with E-state index in [1.165, 1.54) is 0 Å². The molecule has 1 aliphatic heterocycles. The number of nitrogens with zero attached hydrogens (tertiary/aromatic N) is 2. The number of hydrogen-bond acceptors (Lipinski definition) is 5. The van der Waals surface area contributed by atoms with Gasteiger partial charge in [-0.3, -0.25) is 0 Å². The van der Waals surface area contributed by atoms with Gasteiger partial charge in [0.15, 0.2) is 5.82 Å². The lowest BCUT2D eigenvalue weighted by atomic mass is 9.89. The predicted octanol–water partition coefficient (Wildman–Crippen LogP) is 1.71. The predicted molar refractivity (Wildman–Crippen MR) is 63.6 cm³/mol. The largest absolute Gasteiger partial charge is 0.374 e. The second kappa shape index (κ2) is 5.14. The molecule has 0 aromatic carbocycles. The van der Waals surface area contributed by atoms with Gasteiger partial charge in [0.1, 0.15) is 0 Å². The quantitative estimate of drug-likeness (QED) is 0.866. The van der Waals surface area contributed by atoms with Crippen LogP contribution in [0, 0.1) is 5.92 Å². The Morgan fingerprint density at radius 2 is 2.00 bits per heavy atom. The van der Waals surface area contributed by atoms with Gasteiger partial charge < -0.3 is 14.6 Å². The first-order chi connectivity index (χ1) is 8.13. The third-order valence-electron chi connectivity index (χ3n) is 3.54. The molecular formula is C12H21N3O2. The van der Waals surface area contributed by atoms with Crippen LogP contribution in [-0.4, -0.2) is 28.9 Å². The summed E-state index contributed by atoms with van der Waals surface area (Å²) in [4.78, 5) is 4.44. The second-order valence-corrected chi connectivity index (χ2v) is 4.76. The van der Waals surface area contributed by atoms with Crippen molar-refractivity contribution in [2.45, 2.75) is 52.4 Å². The lowest BCUT2D eigenvalue weighted by molar-refractivity contribution is 0.0542. The molecule has 0 aliphatic carbocycles. The Bertz CT molecular complexity index is 366. The summed E-state index contributed by atoms with van der Waals surface area (Å²) < 4.78 is 11.1. The van der Waals surface area contributed by atoms with Crippen LogP contribution in [0.3, 0.4) is 0 Å². The molecule has 2 rings (SSSR count). The Kier molecular flexibility index (Phi) is 3.79. The van der Waals surface area contributed by atoms with Gasteiger partial charge in [0.25, 0.3) is 0 Å². The topological polar surface area (TPSA) is 60.2 Å². The van der Waals surface area contributed by atoms with Crippen LogP contribution in [0.1, 0.15) is 45.3 Å². The minimum absolute atomic E-state index is 0.146. The molecule has 0 bridgehead atoms. The Hall–Kier alpha value is -0.940. The fourth-order valence-corrected chi connectivity index (χ4v) is 2.40. The van der Waals surface area contributed by atoms with Gasteiger partial charge in [-0.05, 0) is 26.3 Å². The molecule has 17 heavy (non-hydrogen) atoms. The Morgan fingerprint density at radius 3 is 2.59 bits per heavy atom. The number of rotatable bonds is 4. The standard InChI is InChI=1S/C12H21N3O2/c1-5-13-6-10-14-12(17-15-10)11-7(2)8(3)16-9(11)4/h7-9,11,13H,5-6H2,1-4H3. The van der Waals surface area contributed by atoms with E-state index < -0.39 is 0 Å². The molecule has 96 valence electrons. The van der Waals surface area contributed by atoms with E-state index in [2.05, 4.69) is 43.2 Å². The van der Waals surface area contributed by atoms with E-state index >= 15 is 0 Å². The van der Waals surface area contributed by atoms with Crippen LogP contribution < -0.4 is 5.32 Å². The van der Waals surface area contributed by atoms with Crippen molar-refractivity contribution in [2.24, 2.45) is 5.92 Å². The molecule has 4 atom stereocenters. The molecule has 4 unspecified atom stereocenters. The second-order valence-electron chi connectivity index (χ2n) is 4.76. The highest BCUT2D eigenvalue weighted by Gasteiger charge is 2.41. The first-order valence-corrected chi connectivity index (χ1v) is 6.32. The number of hydrogen-bond donors (Lipinski definition) is 1. The molecule has 0 spiro atoms. The summed E-state index contributed by atoms with van der Waals surface area (Å²) in [6.07, 6.45) is 0.395. The van der Waals surface area contributed by atoms with Crippen LogP contribution in [0.5, 0.6) is 0 Å². The highest BCUT2D eigenvalue weighted by atomic mass is 16.5. The Morgan fingerprint density at radius 1 is 1.24 bits per heavy atom. The van der Waals surface area contributed by atoms with Gasteiger partial charge in [0.2, 0.25) is 5.89 Å². The zero-order chi connectivity index (χ0) is 12.4. The monoisotopic (exact) mass is 239 g/mol. The third kappa shape index (κ3) is 2.50. The fraction of sp³-hybridized carbons (Fsp3) is 0.833. The number of nitrogens with one attached hydrogen (secondary N) is 1. The minimum Gasteiger partial charge on any atom is -0.374 e. The average Bonchev–Trinajstić information content (AvgIpc) is 2.83. The van der Waals surface area contributed by atoms with Gasteiger partial charge in [-0.25, -0.2) is 0 Å². The zero-order valence-electron chi connectivity index (χ0n) is 10.9. The molecule has 0 radical (unpaired) electrons. The minimum atomic E-state index is 0.146. The van der Waals surface area contributed by atoms with Crippen LogP contribution in [0.25, 0.3) is 0 Å². The smallest absolute Gasteiger partial charge is 0.232 e. The fourth-order valence-electron chi connectivity index (χ4n) is 2.40. The van der Waals surface area contributed by atoms with Crippen molar-refractivity contribution in [2.75, 3.05) is 6.54 Å². The molecule has 5 heteroatoms. The van der Waals surface area contributed by atoms with Crippen molar-refractivity contribution >= 4 is 0 Å². The van der Waals surface area contributed by atoms with E-state index in [4.69, 9.17) is 9.26 Å². The van der Waals surface area contributed by atoms with Crippen LogP contribution in [0.4, 0.5) is 0 Å². The van der Waals surface area contributed by atoms with Gasteiger partial charge in [0.05, 0.1) is 24.7 Å². The van der Waals surface area contributed by atoms with Gasteiger partial charge in [0, 0.05) is 0 Å². The molecule has 1 aromatic rings.